The Kier molecular flexibility index (Phi) is 6.08. The summed E-state index contributed by atoms with van der Waals surface area (Å²) in [6.45, 7) is 6.91. The molecule has 4 rings (SSSR count). The average Bonchev–Trinajstić information content (AvgIpc) is 3.05. The smallest absolute Gasteiger partial charge is 0.194 e. The van der Waals surface area contributed by atoms with Crippen molar-refractivity contribution in [2.45, 2.75) is 58.4 Å². The number of nitrogens with zero attached hydrogens (tertiary/aromatic N) is 1. The third-order valence-corrected chi connectivity index (χ3v) is 6.92. The van der Waals surface area contributed by atoms with E-state index in [-0.39, 0.29) is 31.4 Å². The molecular formula is C23H27NSSc. The van der Waals surface area contributed by atoms with Crippen molar-refractivity contribution in [1.29, 1.82) is 0 Å². The molecule has 3 aromatic rings. The first-order valence-electron chi connectivity index (χ1n) is 9.65. The molecule has 1 nitrogen and oxygen atoms in total. The molecule has 1 aromatic heterocycles. The molecule has 0 amide bonds. The van der Waals surface area contributed by atoms with E-state index in [0.29, 0.717) is 0 Å². The van der Waals surface area contributed by atoms with E-state index in [1.807, 2.05) is 11.3 Å². The van der Waals surface area contributed by atoms with Gasteiger partial charge < -0.3 is 0 Å². The Labute approximate surface area is 180 Å². The fraction of sp³-hybridized carbons (Fsp3) is 0.391. The molecule has 1 aliphatic rings. The fourth-order valence-corrected chi connectivity index (χ4v) is 5.53. The first-order valence-corrected chi connectivity index (χ1v) is 10.5. The van der Waals surface area contributed by atoms with Gasteiger partial charge in [-0.3, -0.25) is 0 Å². The standard InChI is InChI=1S/C23H27NS.Sc/c1-4-7-10-17-13-14-20-21(15-17)25-22-19-12-9-8-11-18(19)16-23(5-2,6-3)24(20)22;/h8-9,11-16H,4-7,10H2,1-3H3;. The summed E-state index contributed by atoms with van der Waals surface area (Å²) in [6, 6.07) is 16.0. The zero-order valence-corrected chi connectivity index (χ0v) is 18.7. The number of rotatable bonds is 5. The van der Waals surface area contributed by atoms with Gasteiger partial charge >= 0.3 is 0 Å². The molecule has 1 radical (unpaired) electrons. The molecule has 0 saturated carbocycles. The van der Waals surface area contributed by atoms with Crippen LogP contribution in [0.3, 0.4) is 0 Å². The number of benzene rings is 2. The second-order valence-corrected chi connectivity index (χ2v) is 8.22. The van der Waals surface area contributed by atoms with Crippen molar-refractivity contribution in [2.24, 2.45) is 0 Å². The Morgan fingerprint density at radius 3 is 2.54 bits per heavy atom. The fourth-order valence-electron chi connectivity index (χ4n) is 4.18. The molecule has 0 saturated heterocycles. The van der Waals surface area contributed by atoms with Crippen molar-refractivity contribution in [3.63, 3.8) is 0 Å². The summed E-state index contributed by atoms with van der Waals surface area (Å²) >= 11 is 1.97. The number of fused-ring (bicyclic) bond motifs is 5. The van der Waals surface area contributed by atoms with E-state index in [4.69, 9.17) is 0 Å². The predicted molar refractivity (Wildman–Crippen MR) is 108 cm³/mol. The quantitative estimate of drug-likeness (QED) is 0.354. The number of aryl methyl sites for hydroxylation is 1. The first kappa shape index (κ1) is 19.8. The van der Waals surface area contributed by atoms with Gasteiger partial charge in [0.1, 0.15) is 10.2 Å². The molecule has 0 atom stereocenters. The van der Waals surface area contributed by atoms with Crippen LogP contribution in [0, 0.1) is 6.42 Å². The van der Waals surface area contributed by atoms with Crippen molar-refractivity contribution in [2.75, 3.05) is 0 Å². The summed E-state index contributed by atoms with van der Waals surface area (Å²) in [5.74, 6) is 0. The van der Waals surface area contributed by atoms with Gasteiger partial charge in [0, 0.05) is 44.8 Å². The van der Waals surface area contributed by atoms with Crippen molar-refractivity contribution in [3.8, 4) is 10.6 Å². The minimum atomic E-state index is 0. The van der Waals surface area contributed by atoms with Crippen LogP contribution in [0.1, 0.15) is 57.6 Å². The second-order valence-electron chi connectivity index (χ2n) is 7.19. The van der Waals surface area contributed by atoms with Gasteiger partial charge in [0.2, 0.25) is 10.5 Å². The van der Waals surface area contributed by atoms with Gasteiger partial charge in [0.15, 0.2) is 0 Å². The van der Waals surface area contributed by atoms with Crippen LogP contribution < -0.4 is 4.57 Å². The molecule has 0 spiro atoms. The number of hydrogen-bond acceptors (Lipinski definition) is 1. The average molecular weight is 394 g/mol. The Morgan fingerprint density at radius 1 is 1.04 bits per heavy atom. The Morgan fingerprint density at radius 2 is 1.81 bits per heavy atom. The van der Waals surface area contributed by atoms with Gasteiger partial charge in [-0.15, -0.1) is 18.6 Å². The molecule has 3 heteroatoms. The topological polar surface area (TPSA) is 3.88 Å². The van der Waals surface area contributed by atoms with E-state index < -0.39 is 0 Å². The Hall–Kier alpha value is -0.930. The molecule has 0 unspecified atom stereocenters. The first-order chi connectivity index (χ1) is 12.2. The van der Waals surface area contributed by atoms with Crippen molar-refractivity contribution >= 4 is 21.6 Å². The number of aromatic nitrogens is 1. The molecule has 26 heavy (non-hydrogen) atoms. The summed E-state index contributed by atoms with van der Waals surface area (Å²) in [4.78, 5) is 0. The molecule has 0 N–H and O–H groups in total. The maximum absolute atomic E-state index is 2.62. The normalized spacial score (nSPS) is 14.3. The molecule has 0 aliphatic carbocycles. The van der Waals surface area contributed by atoms with Crippen LogP contribution >= 0.6 is 11.3 Å². The van der Waals surface area contributed by atoms with Crippen molar-refractivity contribution in [3.05, 3.63) is 60.0 Å². The van der Waals surface area contributed by atoms with Gasteiger partial charge in [-0.2, -0.15) is 16.2 Å². The van der Waals surface area contributed by atoms with Crippen LogP contribution in [-0.2, 0) is 37.8 Å². The zero-order valence-electron chi connectivity index (χ0n) is 16.1. The van der Waals surface area contributed by atoms with Crippen LogP contribution in [0.4, 0.5) is 0 Å². The van der Waals surface area contributed by atoms with Gasteiger partial charge in [-0.05, 0) is 30.0 Å². The third-order valence-electron chi connectivity index (χ3n) is 5.78. The second kappa shape index (κ2) is 7.98. The molecule has 2 heterocycles. The molecule has 0 bridgehead atoms. The SMILES string of the molecule is CCCCc1ccc2c(c1)sc1[n+]2C(CC)(CC)[CH-]c2ccccc2-1.[Sc]. The largest absolute Gasteiger partial charge is 0.222 e. The van der Waals surface area contributed by atoms with Crippen LogP contribution in [0.25, 0.3) is 20.8 Å². The minimum absolute atomic E-state index is 0. The van der Waals surface area contributed by atoms with Gasteiger partial charge in [-0.1, -0.05) is 50.7 Å². The van der Waals surface area contributed by atoms with Crippen LogP contribution in [0.5, 0.6) is 0 Å². The van der Waals surface area contributed by atoms with Crippen LogP contribution in [0.15, 0.2) is 42.5 Å². The molecule has 1 aliphatic heterocycles. The molecular weight excluding hydrogens is 367 g/mol. The summed E-state index contributed by atoms with van der Waals surface area (Å²) in [5.41, 5.74) is 5.74. The van der Waals surface area contributed by atoms with Crippen molar-refractivity contribution < 1.29 is 30.4 Å². The number of thiazole rings is 1. The van der Waals surface area contributed by atoms with E-state index in [2.05, 4.69) is 74.2 Å². The predicted octanol–water partition coefficient (Wildman–Crippen LogP) is 6.28. The van der Waals surface area contributed by atoms with Crippen LogP contribution in [-0.4, -0.2) is 0 Å². The van der Waals surface area contributed by atoms with E-state index >= 15 is 0 Å². The molecule has 2 aromatic carbocycles. The van der Waals surface area contributed by atoms with Crippen LogP contribution in [0.2, 0.25) is 0 Å². The van der Waals surface area contributed by atoms with Gasteiger partial charge in [0.05, 0.1) is 0 Å². The molecule has 0 fully saturated rings. The maximum Gasteiger partial charge on any atom is 0.222 e. The van der Waals surface area contributed by atoms with Crippen molar-refractivity contribution in [1.82, 2.24) is 0 Å². The monoisotopic (exact) mass is 394 g/mol. The van der Waals surface area contributed by atoms with E-state index in [9.17, 15) is 0 Å². The minimum Gasteiger partial charge on any atom is -0.194 e. The van der Waals surface area contributed by atoms with Gasteiger partial charge in [-0.25, -0.2) is 0 Å². The van der Waals surface area contributed by atoms with E-state index in [1.165, 1.54) is 51.2 Å². The van der Waals surface area contributed by atoms with Gasteiger partial charge in [0.25, 0.3) is 0 Å². The summed E-state index contributed by atoms with van der Waals surface area (Å²) in [7, 11) is 0. The third kappa shape index (κ3) is 3.11. The van der Waals surface area contributed by atoms with E-state index in [1.54, 1.807) is 0 Å². The maximum atomic E-state index is 2.62. The molecule has 133 valence electrons. The summed E-state index contributed by atoms with van der Waals surface area (Å²) < 4.78 is 4.05. The number of hydrogen-bond donors (Lipinski definition) is 0. The Balaban J connectivity index is 0.00000196. The van der Waals surface area contributed by atoms with E-state index in [0.717, 1.165) is 12.8 Å². The summed E-state index contributed by atoms with van der Waals surface area (Å²) in [5, 5.41) is 1.42. The number of unbranched alkanes of at least 4 members (excludes halogenated alkanes) is 1. The Bertz CT molecular complexity index is 908. The summed E-state index contributed by atoms with van der Waals surface area (Å²) in [6.07, 6.45) is 8.47. The zero-order chi connectivity index (χ0) is 17.4.